The summed E-state index contributed by atoms with van der Waals surface area (Å²) in [7, 11) is 1.76. The molecule has 4 heteroatoms. The van der Waals surface area contributed by atoms with Crippen molar-refractivity contribution in [3.63, 3.8) is 0 Å². The number of rotatable bonds is 6. The molecule has 0 bridgehead atoms. The van der Waals surface area contributed by atoms with Crippen LogP contribution < -0.4 is 5.32 Å². The third kappa shape index (κ3) is 2.62. The third-order valence-electron chi connectivity index (χ3n) is 3.26. The Morgan fingerprint density at radius 2 is 2.25 bits per heavy atom. The lowest BCUT2D eigenvalue weighted by Crippen LogP contribution is -2.34. The predicted molar refractivity (Wildman–Crippen MR) is 61.2 cm³/mol. The van der Waals surface area contributed by atoms with Gasteiger partial charge in [-0.05, 0) is 32.6 Å². The molecular weight excluding hydrogens is 204 g/mol. The summed E-state index contributed by atoms with van der Waals surface area (Å²) in [5, 5.41) is 7.50. The van der Waals surface area contributed by atoms with Gasteiger partial charge in [0.1, 0.15) is 5.76 Å². The molecule has 0 amide bonds. The fourth-order valence-electron chi connectivity index (χ4n) is 2.03. The Bertz CT molecular complexity index is 325. The van der Waals surface area contributed by atoms with E-state index in [1.165, 1.54) is 18.4 Å². The molecule has 0 aromatic carbocycles. The van der Waals surface area contributed by atoms with E-state index in [1.807, 2.05) is 13.8 Å². The molecular formula is C12H20N2O2. The molecule has 1 fully saturated rings. The van der Waals surface area contributed by atoms with Crippen LogP contribution in [0.3, 0.4) is 0 Å². The maximum Gasteiger partial charge on any atom is 0.138 e. The van der Waals surface area contributed by atoms with Crippen LogP contribution in [-0.4, -0.2) is 24.9 Å². The Kier molecular flexibility index (Phi) is 3.61. The average Bonchev–Trinajstić information content (AvgIpc) is 3.04. The van der Waals surface area contributed by atoms with Gasteiger partial charge in [0.05, 0.1) is 12.3 Å². The fraction of sp³-hybridized carbons (Fsp3) is 0.750. The number of ether oxygens (including phenoxy) is 1. The molecule has 1 saturated carbocycles. The summed E-state index contributed by atoms with van der Waals surface area (Å²) >= 11 is 0. The summed E-state index contributed by atoms with van der Waals surface area (Å²) in [6, 6.07) is 0.471. The van der Waals surface area contributed by atoms with Crippen LogP contribution in [0.1, 0.15) is 29.9 Å². The van der Waals surface area contributed by atoms with E-state index in [4.69, 9.17) is 9.26 Å². The van der Waals surface area contributed by atoms with Gasteiger partial charge in [-0.2, -0.15) is 0 Å². The molecule has 0 aliphatic heterocycles. The first kappa shape index (κ1) is 11.6. The van der Waals surface area contributed by atoms with E-state index in [1.54, 1.807) is 7.11 Å². The summed E-state index contributed by atoms with van der Waals surface area (Å²) < 4.78 is 10.4. The van der Waals surface area contributed by atoms with Gasteiger partial charge in [0.25, 0.3) is 0 Å². The summed E-state index contributed by atoms with van der Waals surface area (Å²) in [6.45, 7) is 5.55. The standard InChI is InChI=1S/C12H20N2O2/c1-8-11(9(2)16-14-8)6-13-12(7-15-3)10-4-5-10/h10,12-13H,4-7H2,1-3H3. The van der Waals surface area contributed by atoms with Crippen molar-refractivity contribution in [3.05, 3.63) is 17.0 Å². The zero-order valence-corrected chi connectivity index (χ0v) is 10.2. The van der Waals surface area contributed by atoms with Gasteiger partial charge in [-0.1, -0.05) is 5.16 Å². The van der Waals surface area contributed by atoms with Gasteiger partial charge < -0.3 is 14.6 Å². The molecule has 1 N–H and O–H groups in total. The quantitative estimate of drug-likeness (QED) is 0.800. The van der Waals surface area contributed by atoms with E-state index in [0.29, 0.717) is 6.04 Å². The molecule has 1 aliphatic rings. The van der Waals surface area contributed by atoms with Crippen LogP contribution in [0, 0.1) is 19.8 Å². The van der Waals surface area contributed by atoms with Crippen molar-refractivity contribution in [2.45, 2.75) is 39.3 Å². The fourth-order valence-corrected chi connectivity index (χ4v) is 2.03. The first-order valence-corrected chi connectivity index (χ1v) is 5.86. The topological polar surface area (TPSA) is 47.3 Å². The molecule has 1 atom stereocenters. The van der Waals surface area contributed by atoms with Gasteiger partial charge >= 0.3 is 0 Å². The zero-order valence-electron chi connectivity index (χ0n) is 10.2. The van der Waals surface area contributed by atoms with E-state index < -0.39 is 0 Å². The molecule has 1 aromatic rings. The van der Waals surface area contributed by atoms with Crippen LogP contribution >= 0.6 is 0 Å². The molecule has 1 heterocycles. The monoisotopic (exact) mass is 224 g/mol. The molecule has 16 heavy (non-hydrogen) atoms. The first-order chi connectivity index (χ1) is 7.72. The molecule has 0 spiro atoms. The highest BCUT2D eigenvalue weighted by atomic mass is 16.5. The molecule has 0 saturated heterocycles. The minimum Gasteiger partial charge on any atom is -0.383 e. The Labute approximate surface area is 96.3 Å². The lowest BCUT2D eigenvalue weighted by molar-refractivity contribution is 0.157. The van der Waals surface area contributed by atoms with Gasteiger partial charge in [-0.3, -0.25) is 0 Å². The Morgan fingerprint density at radius 3 is 2.75 bits per heavy atom. The van der Waals surface area contributed by atoms with E-state index in [2.05, 4.69) is 10.5 Å². The number of hydrogen-bond acceptors (Lipinski definition) is 4. The number of nitrogens with zero attached hydrogens (tertiary/aromatic N) is 1. The normalized spacial score (nSPS) is 17.7. The van der Waals surface area contributed by atoms with E-state index >= 15 is 0 Å². The second kappa shape index (κ2) is 4.97. The van der Waals surface area contributed by atoms with E-state index in [-0.39, 0.29) is 0 Å². The predicted octanol–water partition coefficient (Wildman–Crippen LogP) is 1.81. The van der Waals surface area contributed by atoms with Gasteiger partial charge in [0, 0.05) is 25.3 Å². The average molecular weight is 224 g/mol. The van der Waals surface area contributed by atoms with Gasteiger partial charge in [0.2, 0.25) is 0 Å². The van der Waals surface area contributed by atoms with Crippen LogP contribution in [0.4, 0.5) is 0 Å². The van der Waals surface area contributed by atoms with E-state index in [9.17, 15) is 0 Å². The summed E-state index contributed by atoms with van der Waals surface area (Å²) in [6.07, 6.45) is 2.64. The highest BCUT2D eigenvalue weighted by molar-refractivity contribution is 5.20. The van der Waals surface area contributed by atoms with E-state index in [0.717, 1.165) is 30.5 Å². The minimum absolute atomic E-state index is 0.471. The van der Waals surface area contributed by atoms with Crippen molar-refractivity contribution in [2.75, 3.05) is 13.7 Å². The largest absolute Gasteiger partial charge is 0.383 e. The number of methoxy groups -OCH3 is 1. The smallest absolute Gasteiger partial charge is 0.138 e. The summed E-state index contributed by atoms with van der Waals surface area (Å²) in [4.78, 5) is 0. The van der Waals surface area contributed by atoms with Crippen molar-refractivity contribution < 1.29 is 9.26 Å². The highest BCUT2D eigenvalue weighted by Crippen LogP contribution is 2.33. The van der Waals surface area contributed by atoms with Crippen LogP contribution in [0.5, 0.6) is 0 Å². The van der Waals surface area contributed by atoms with Crippen molar-refractivity contribution in [1.29, 1.82) is 0 Å². The Hall–Kier alpha value is -0.870. The molecule has 0 radical (unpaired) electrons. The van der Waals surface area contributed by atoms with Gasteiger partial charge in [-0.25, -0.2) is 0 Å². The summed E-state index contributed by atoms with van der Waals surface area (Å²) in [5.41, 5.74) is 2.17. The molecule has 2 rings (SSSR count). The number of hydrogen-bond donors (Lipinski definition) is 1. The molecule has 4 nitrogen and oxygen atoms in total. The maximum absolute atomic E-state index is 5.23. The van der Waals surface area contributed by atoms with Crippen molar-refractivity contribution in [2.24, 2.45) is 5.92 Å². The first-order valence-electron chi connectivity index (χ1n) is 5.86. The zero-order chi connectivity index (χ0) is 11.5. The van der Waals surface area contributed by atoms with Crippen molar-refractivity contribution >= 4 is 0 Å². The molecule has 90 valence electrons. The second-order valence-corrected chi connectivity index (χ2v) is 4.58. The minimum atomic E-state index is 0.471. The highest BCUT2D eigenvalue weighted by Gasteiger charge is 2.31. The van der Waals surface area contributed by atoms with Crippen LogP contribution in [0.2, 0.25) is 0 Å². The van der Waals surface area contributed by atoms with Crippen molar-refractivity contribution in [1.82, 2.24) is 10.5 Å². The maximum atomic E-state index is 5.23. The van der Waals surface area contributed by atoms with Gasteiger partial charge in [0.15, 0.2) is 0 Å². The second-order valence-electron chi connectivity index (χ2n) is 4.58. The molecule has 1 aromatic heterocycles. The van der Waals surface area contributed by atoms with Crippen LogP contribution in [0.25, 0.3) is 0 Å². The van der Waals surface area contributed by atoms with Gasteiger partial charge in [-0.15, -0.1) is 0 Å². The lowest BCUT2D eigenvalue weighted by atomic mass is 10.1. The molecule has 1 aliphatic carbocycles. The number of nitrogens with one attached hydrogen (secondary N) is 1. The SMILES string of the molecule is COCC(NCc1c(C)noc1C)C1CC1. The Balaban J connectivity index is 1.89. The third-order valence-corrected chi connectivity index (χ3v) is 3.26. The summed E-state index contributed by atoms with van der Waals surface area (Å²) in [5.74, 6) is 1.71. The van der Waals surface area contributed by atoms with Crippen LogP contribution in [-0.2, 0) is 11.3 Å². The Morgan fingerprint density at radius 1 is 1.50 bits per heavy atom. The lowest BCUT2D eigenvalue weighted by Gasteiger charge is -2.16. The number of aryl methyl sites for hydroxylation is 2. The molecule has 1 unspecified atom stereocenters. The van der Waals surface area contributed by atoms with Crippen molar-refractivity contribution in [3.8, 4) is 0 Å². The van der Waals surface area contributed by atoms with Crippen LogP contribution in [0.15, 0.2) is 4.52 Å². The number of aromatic nitrogens is 1.